The molecule has 0 aliphatic carbocycles. The third kappa shape index (κ3) is 4.10. The van der Waals surface area contributed by atoms with Gasteiger partial charge < -0.3 is 19.9 Å². The van der Waals surface area contributed by atoms with Gasteiger partial charge in [0.15, 0.2) is 0 Å². The highest BCUT2D eigenvalue weighted by Crippen LogP contribution is 2.29. The summed E-state index contributed by atoms with van der Waals surface area (Å²) in [6.07, 6.45) is -4.48. The van der Waals surface area contributed by atoms with Gasteiger partial charge in [-0.3, -0.25) is 9.59 Å². The predicted octanol–water partition coefficient (Wildman–Crippen LogP) is 3.91. The Bertz CT molecular complexity index is 1120. The van der Waals surface area contributed by atoms with Crippen molar-refractivity contribution in [3.05, 3.63) is 59.8 Å². The number of carbonyl (C=O) groups is 2. The Morgan fingerprint density at radius 3 is 2.77 bits per heavy atom. The molecule has 2 heterocycles. The van der Waals surface area contributed by atoms with Gasteiger partial charge in [-0.1, -0.05) is 18.2 Å². The Morgan fingerprint density at radius 2 is 2.00 bits per heavy atom. The molecule has 9 heteroatoms. The van der Waals surface area contributed by atoms with Crippen molar-refractivity contribution < 1.29 is 27.5 Å². The van der Waals surface area contributed by atoms with Crippen LogP contribution in [0.3, 0.4) is 0 Å². The number of anilines is 1. The first-order valence-electron chi connectivity index (χ1n) is 9.27. The summed E-state index contributed by atoms with van der Waals surface area (Å²) in [6.45, 7) is 2.21. The number of alkyl halides is 3. The summed E-state index contributed by atoms with van der Waals surface area (Å²) in [5, 5.41) is 3.58. The summed E-state index contributed by atoms with van der Waals surface area (Å²) < 4.78 is 41.2. The molecule has 4 rings (SSSR count). The summed E-state index contributed by atoms with van der Waals surface area (Å²) in [5.41, 5.74) is 2.48. The van der Waals surface area contributed by atoms with Crippen LogP contribution in [0.25, 0.3) is 10.9 Å². The monoisotopic (exact) mass is 417 g/mol. The molecule has 156 valence electrons. The number of H-pyrrole nitrogens is 1. The normalized spacial score (nSPS) is 16.9. The summed E-state index contributed by atoms with van der Waals surface area (Å²) in [6, 6.07) is 11.9. The van der Waals surface area contributed by atoms with Crippen molar-refractivity contribution in [1.82, 2.24) is 10.3 Å². The smallest absolute Gasteiger partial charge is 0.406 e. The number of fused-ring (bicyclic) bond motifs is 1. The van der Waals surface area contributed by atoms with E-state index >= 15 is 0 Å². The SMILES string of the molecule is Cc1ccc2cc(C(=O)N[C@H]3CCN(c4cccc(OC(F)(F)F)c4)C3=O)[nH]c2c1. The summed E-state index contributed by atoms with van der Waals surface area (Å²) in [4.78, 5) is 29.7. The van der Waals surface area contributed by atoms with E-state index in [1.54, 1.807) is 6.07 Å². The Morgan fingerprint density at radius 1 is 1.20 bits per heavy atom. The fourth-order valence-electron chi connectivity index (χ4n) is 3.52. The van der Waals surface area contributed by atoms with Gasteiger partial charge in [-0.2, -0.15) is 0 Å². The first-order chi connectivity index (χ1) is 14.2. The number of carbonyl (C=O) groups excluding carboxylic acids is 2. The fourth-order valence-corrected chi connectivity index (χ4v) is 3.52. The van der Waals surface area contributed by atoms with Gasteiger partial charge in [0.25, 0.3) is 5.91 Å². The zero-order chi connectivity index (χ0) is 21.5. The zero-order valence-corrected chi connectivity index (χ0v) is 15.9. The van der Waals surface area contributed by atoms with Crippen molar-refractivity contribution in [3.8, 4) is 5.75 Å². The van der Waals surface area contributed by atoms with Crippen LogP contribution in [0.2, 0.25) is 0 Å². The van der Waals surface area contributed by atoms with Crippen LogP contribution in [0.1, 0.15) is 22.5 Å². The van der Waals surface area contributed by atoms with Crippen molar-refractivity contribution in [1.29, 1.82) is 0 Å². The average Bonchev–Trinajstić information content (AvgIpc) is 3.24. The first-order valence-corrected chi connectivity index (χ1v) is 9.27. The molecule has 1 aliphatic rings. The van der Waals surface area contributed by atoms with Crippen molar-refractivity contribution in [2.24, 2.45) is 0 Å². The van der Waals surface area contributed by atoms with E-state index < -0.39 is 24.1 Å². The van der Waals surface area contributed by atoms with Crippen LogP contribution in [0, 0.1) is 6.92 Å². The molecule has 1 aromatic heterocycles. The molecule has 1 fully saturated rings. The number of aryl methyl sites for hydroxylation is 1. The minimum atomic E-state index is -4.82. The van der Waals surface area contributed by atoms with Gasteiger partial charge in [0.1, 0.15) is 17.5 Å². The maximum absolute atomic E-state index is 12.7. The van der Waals surface area contributed by atoms with E-state index in [1.165, 1.54) is 17.0 Å². The Balaban J connectivity index is 1.46. The third-order valence-electron chi connectivity index (χ3n) is 4.90. The van der Waals surface area contributed by atoms with E-state index in [1.807, 2.05) is 25.1 Å². The van der Waals surface area contributed by atoms with Gasteiger partial charge in [-0.25, -0.2) is 0 Å². The number of ether oxygens (including phenoxy) is 1. The van der Waals surface area contributed by atoms with E-state index in [4.69, 9.17) is 0 Å². The molecule has 0 unspecified atom stereocenters. The van der Waals surface area contributed by atoms with Crippen molar-refractivity contribution in [2.75, 3.05) is 11.4 Å². The Hall–Kier alpha value is -3.49. The fraction of sp³-hybridized carbons (Fsp3) is 0.238. The predicted molar refractivity (Wildman–Crippen MR) is 104 cm³/mol. The minimum absolute atomic E-state index is 0.269. The highest BCUT2D eigenvalue weighted by molar-refractivity contribution is 6.04. The van der Waals surface area contributed by atoms with Crippen molar-refractivity contribution in [3.63, 3.8) is 0 Å². The minimum Gasteiger partial charge on any atom is -0.406 e. The van der Waals surface area contributed by atoms with Gasteiger partial charge >= 0.3 is 6.36 Å². The highest BCUT2D eigenvalue weighted by Gasteiger charge is 2.35. The lowest BCUT2D eigenvalue weighted by Crippen LogP contribution is -2.41. The molecule has 3 aromatic rings. The lowest BCUT2D eigenvalue weighted by atomic mass is 10.2. The van der Waals surface area contributed by atoms with Gasteiger partial charge in [-0.15, -0.1) is 13.2 Å². The van der Waals surface area contributed by atoms with Gasteiger partial charge in [-0.05, 0) is 43.2 Å². The maximum atomic E-state index is 12.7. The van der Waals surface area contributed by atoms with Crippen LogP contribution in [0.5, 0.6) is 5.75 Å². The van der Waals surface area contributed by atoms with Crippen LogP contribution in [0.15, 0.2) is 48.5 Å². The first kappa shape index (κ1) is 19.8. The standard InChI is InChI=1S/C21H18F3N3O3/c1-12-5-6-13-10-18(25-17(13)9-12)19(28)26-16-7-8-27(20(16)29)14-3-2-4-15(11-14)30-21(22,23)24/h2-6,9-11,16,25H,7-8H2,1H3,(H,26,28)/t16-/m0/s1. The number of rotatable bonds is 4. The largest absolute Gasteiger partial charge is 0.573 e. The molecule has 0 bridgehead atoms. The van der Waals surface area contributed by atoms with E-state index in [-0.39, 0.29) is 18.1 Å². The number of aromatic nitrogens is 1. The van der Waals surface area contributed by atoms with Crippen LogP contribution in [-0.2, 0) is 4.79 Å². The van der Waals surface area contributed by atoms with E-state index in [0.29, 0.717) is 12.1 Å². The van der Waals surface area contributed by atoms with E-state index in [9.17, 15) is 22.8 Å². The van der Waals surface area contributed by atoms with Gasteiger partial charge in [0, 0.05) is 29.2 Å². The maximum Gasteiger partial charge on any atom is 0.573 e. The average molecular weight is 417 g/mol. The van der Waals surface area contributed by atoms with E-state index in [2.05, 4.69) is 15.0 Å². The van der Waals surface area contributed by atoms with Gasteiger partial charge in [0.2, 0.25) is 5.91 Å². The molecule has 2 aromatic carbocycles. The second-order valence-electron chi connectivity index (χ2n) is 7.12. The second kappa shape index (κ2) is 7.40. The quantitative estimate of drug-likeness (QED) is 0.676. The molecular weight excluding hydrogens is 399 g/mol. The van der Waals surface area contributed by atoms with Crippen molar-refractivity contribution in [2.45, 2.75) is 25.7 Å². The van der Waals surface area contributed by atoms with Crippen LogP contribution in [0.4, 0.5) is 18.9 Å². The Labute approximate surface area is 169 Å². The van der Waals surface area contributed by atoms with Gasteiger partial charge in [0.05, 0.1) is 0 Å². The molecule has 0 radical (unpaired) electrons. The number of benzene rings is 2. The molecule has 1 aliphatic heterocycles. The molecule has 1 saturated heterocycles. The number of halogens is 3. The number of hydrogen-bond acceptors (Lipinski definition) is 3. The van der Waals surface area contributed by atoms with Crippen LogP contribution < -0.4 is 15.0 Å². The lowest BCUT2D eigenvalue weighted by Gasteiger charge is -2.18. The number of nitrogens with one attached hydrogen (secondary N) is 2. The number of aromatic amines is 1. The summed E-state index contributed by atoms with van der Waals surface area (Å²) >= 11 is 0. The molecule has 2 amide bonds. The molecule has 30 heavy (non-hydrogen) atoms. The summed E-state index contributed by atoms with van der Waals surface area (Å²) in [7, 11) is 0. The molecule has 2 N–H and O–H groups in total. The molecule has 1 atom stereocenters. The highest BCUT2D eigenvalue weighted by atomic mass is 19.4. The molecular formula is C21H18F3N3O3. The topological polar surface area (TPSA) is 74.4 Å². The van der Waals surface area contributed by atoms with Crippen molar-refractivity contribution >= 4 is 28.4 Å². The molecule has 0 saturated carbocycles. The summed E-state index contributed by atoms with van der Waals surface area (Å²) in [5.74, 6) is -1.22. The number of nitrogens with zero attached hydrogens (tertiary/aromatic N) is 1. The number of hydrogen-bond donors (Lipinski definition) is 2. The van der Waals surface area contributed by atoms with Crippen LogP contribution >= 0.6 is 0 Å². The third-order valence-corrected chi connectivity index (χ3v) is 4.90. The lowest BCUT2D eigenvalue weighted by molar-refractivity contribution is -0.274. The second-order valence-corrected chi connectivity index (χ2v) is 7.12. The molecule has 0 spiro atoms. The molecule has 6 nitrogen and oxygen atoms in total. The zero-order valence-electron chi connectivity index (χ0n) is 15.9. The Kier molecular flexibility index (Phi) is 4.89. The number of amides is 2. The van der Waals surface area contributed by atoms with E-state index in [0.717, 1.165) is 28.6 Å². The van der Waals surface area contributed by atoms with Crippen LogP contribution in [-0.4, -0.2) is 35.7 Å².